The van der Waals surface area contributed by atoms with Crippen LogP contribution in [0.4, 0.5) is 13.2 Å². The number of hydrogen-bond donors (Lipinski definition) is 0. The molecule has 0 aromatic heterocycles. The molecule has 0 saturated heterocycles. The van der Waals surface area contributed by atoms with Gasteiger partial charge in [0.15, 0.2) is 5.78 Å². The minimum absolute atomic E-state index is 0.0461. The predicted molar refractivity (Wildman–Crippen MR) is 61.4 cm³/mol. The third-order valence-electron chi connectivity index (χ3n) is 2.52. The maximum Gasteiger partial charge on any atom is 0.416 e. The summed E-state index contributed by atoms with van der Waals surface area (Å²) in [6, 6.07) is 4.28. The van der Waals surface area contributed by atoms with Crippen LogP contribution in [0.25, 0.3) is 0 Å². The Bertz CT molecular complexity index is 396. The highest BCUT2D eigenvalue weighted by atomic mass is 19.4. The molecule has 1 rings (SSSR count). The Kier molecular flexibility index (Phi) is 4.90. The van der Waals surface area contributed by atoms with Crippen LogP contribution in [0.15, 0.2) is 24.3 Å². The summed E-state index contributed by atoms with van der Waals surface area (Å²) in [7, 11) is 1.54. The third kappa shape index (κ3) is 4.14. The van der Waals surface area contributed by atoms with E-state index in [0.29, 0.717) is 12.2 Å². The van der Waals surface area contributed by atoms with Crippen molar-refractivity contribution in [3.63, 3.8) is 0 Å². The van der Waals surface area contributed by atoms with E-state index >= 15 is 0 Å². The van der Waals surface area contributed by atoms with Crippen molar-refractivity contribution in [3.8, 4) is 0 Å². The maximum absolute atomic E-state index is 12.3. The minimum atomic E-state index is -4.37. The van der Waals surface area contributed by atoms with E-state index in [9.17, 15) is 18.0 Å². The lowest BCUT2D eigenvalue weighted by molar-refractivity contribution is -0.137. The van der Waals surface area contributed by atoms with Gasteiger partial charge in [0.05, 0.1) is 5.56 Å². The van der Waals surface area contributed by atoms with Crippen LogP contribution in [0.3, 0.4) is 0 Å². The van der Waals surface area contributed by atoms with Crippen LogP contribution in [0.5, 0.6) is 0 Å². The van der Waals surface area contributed by atoms with E-state index < -0.39 is 11.7 Å². The van der Waals surface area contributed by atoms with Crippen molar-refractivity contribution in [2.75, 3.05) is 13.7 Å². The molecule has 0 bridgehead atoms. The largest absolute Gasteiger partial charge is 0.416 e. The van der Waals surface area contributed by atoms with Crippen molar-refractivity contribution in [2.24, 2.45) is 5.92 Å². The fraction of sp³-hybridized carbons (Fsp3) is 0.462. The molecule has 5 heteroatoms. The third-order valence-corrected chi connectivity index (χ3v) is 2.52. The summed E-state index contributed by atoms with van der Waals surface area (Å²) in [5.74, 6) is -0.127. The Morgan fingerprint density at radius 3 is 2.28 bits per heavy atom. The number of Topliss-reactive ketones (excluding diaryl/α,β-unsaturated/α-hetero) is 1. The van der Waals surface area contributed by atoms with Crippen LogP contribution in [-0.4, -0.2) is 19.5 Å². The Morgan fingerprint density at radius 1 is 1.28 bits per heavy atom. The lowest BCUT2D eigenvalue weighted by atomic mass is 9.99. The normalized spacial score (nSPS) is 13.4. The van der Waals surface area contributed by atoms with Gasteiger partial charge in [0.2, 0.25) is 0 Å². The van der Waals surface area contributed by atoms with Crippen molar-refractivity contribution in [1.82, 2.24) is 0 Å². The summed E-state index contributed by atoms with van der Waals surface area (Å²) >= 11 is 0. The van der Waals surface area contributed by atoms with Crippen LogP contribution < -0.4 is 0 Å². The maximum atomic E-state index is 12.3. The SMILES string of the molecule is COCC(C)CC(=O)c1ccc(C(F)(F)F)cc1. The standard InChI is InChI=1S/C13H15F3O2/c1-9(8-18-2)7-12(17)10-3-5-11(6-4-10)13(14,15)16/h3-6,9H,7-8H2,1-2H3. The van der Waals surface area contributed by atoms with Crippen molar-refractivity contribution < 1.29 is 22.7 Å². The number of ether oxygens (including phenoxy) is 1. The Morgan fingerprint density at radius 2 is 1.83 bits per heavy atom. The fourth-order valence-electron chi connectivity index (χ4n) is 1.62. The van der Waals surface area contributed by atoms with Crippen LogP contribution in [0.1, 0.15) is 29.3 Å². The summed E-state index contributed by atoms with van der Waals surface area (Å²) in [6.45, 7) is 2.30. The van der Waals surface area contributed by atoms with Gasteiger partial charge in [-0.2, -0.15) is 13.2 Å². The zero-order chi connectivity index (χ0) is 13.8. The van der Waals surface area contributed by atoms with Crippen molar-refractivity contribution in [1.29, 1.82) is 0 Å². The number of alkyl halides is 3. The number of methoxy groups -OCH3 is 1. The molecule has 1 aromatic carbocycles. The molecule has 0 heterocycles. The number of ketones is 1. The van der Waals surface area contributed by atoms with Crippen LogP contribution in [0, 0.1) is 5.92 Å². The molecule has 0 fully saturated rings. The average Bonchev–Trinajstić information content (AvgIpc) is 2.28. The second-order valence-corrected chi connectivity index (χ2v) is 4.26. The Balaban J connectivity index is 2.71. The van der Waals surface area contributed by atoms with E-state index in [1.54, 1.807) is 7.11 Å². The van der Waals surface area contributed by atoms with Gasteiger partial charge in [0, 0.05) is 25.7 Å². The van der Waals surface area contributed by atoms with Crippen molar-refractivity contribution in [2.45, 2.75) is 19.5 Å². The lowest BCUT2D eigenvalue weighted by Crippen LogP contribution is -2.11. The average molecular weight is 260 g/mol. The van der Waals surface area contributed by atoms with Gasteiger partial charge in [0.25, 0.3) is 0 Å². The molecular weight excluding hydrogens is 245 g/mol. The minimum Gasteiger partial charge on any atom is -0.384 e. The first-order valence-electron chi connectivity index (χ1n) is 5.54. The number of carbonyl (C=O) groups is 1. The number of carbonyl (C=O) groups excluding carboxylic acids is 1. The van der Waals surface area contributed by atoms with Gasteiger partial charge >= 0.3 is 6.18 Å². The van der Waals surface area contributed by atoms with Gasteiger partial charge in [-0.3, -0.25) is 4.79 Å². The molecule has 0 aliphatic carbocycles. The first-order valence-corrected chi connectivity index (χ1v) is 5.54. The molecule has 0 amide bonds. The molecule has 0 aliphatic heterocycles. The number of halogens is 3. The summed E-state index contributed by atoms with van der Waals surface area (Å²) in [4.78, 5) is 11.8. The molecule has 2 nitrogen and oxygen atoms in total. The van der Waals surface area contributed by atoms with Gasteiger partial charge < -0.3 is 4.74 Å². The molecule has 18 heavy (non-hydrogen) atoms. The molecule has 100 valence electrons. The molecule has 0 spiro atoms. The van der Waals surface area contributed by atoms with E-state index in [2.05, 4.69) is 0 Å². The lowest BCUT2D eigenvalue weighted by Gasteiger charge is -2.10. The molecule has 1 aromatic rings. The molecule has 0 saturated carbocycles. The topological polar surface area (TPSA) is 26.3 Å². The van der Waals surface area contributed by atoms with Crippen molar-refractivity contribution >= 4 is 5.78 Å². The molecule has 1 unspecified atom stereocenters. The number of hydrogen-bond acceptors (Lipinski definition) is 2. The highest BCUT2D eigenvalue weighted by Crippen LogP contribution is 2.29. The monoisotopic (exact) mass is 260 g/mol. The second-order valence-electron chi connectivity index (χ2n) is 4.26. The zero-order valence-electron chi connectivity index (χ0n) is 10.3. The number of benzene rings is 1. The van der Waals surface area contributed by atoms with E-state index in [-0.39, 0.29) is 18.1 Å². The van der Waals surface area contributed by atoms with Crippen LogP contribution in [0.2, 0.25) is 0 Å². The highest BCUT2D eigenvalue weighted by molar-refractivity contribution is 5.96. The second kappa shape index (κ2) is 6.00. The molecule has 1 atom stereocenters. The van der Waals surface area contributed by atoms with E-state index in [1.165, 1.54) is 12.1 Å². The van der Waals surface area contributed by atoms with Gasteiger partial charge in [-0.05, 0) is 18.1 Å². The van der Waals surface area contributed by atoms with Crippen LogP contribution in [-0.2, 0) is 10.9 Å². The van der Waals surface area contributed by atoms with Gasteiger partial charge in [-0.15, -0.1) is 0 Å². The summed E-state index contributed by atoms with van der Waals surface area (Å²) < 4.78 is 41.9. The number of rotatable bonds is 5. The van der Waals surface area contributed by atoms with Gasteiger partial charge in [-0.1, -0.05) is 19.1 Å². The quantitative estimate of drug-likeness (QED) is 0.757. The fourth-order valence-corrected chi connectivity index (χ4v) is 1.62. The van der Waals surface area contributed by atoms with E-state index in [1.807, 2.05) is 6.92 Å². The predicted octanol–water partition coefficient (Wildman–Crippen LogP) is 3.56. The Hall–Kier alpha value is -1.36. The summed E-state index contributed by atoms with van der Waals surface area (Å²) in [5.41, 5.74) is -0.449. The smallest absolute Gasteiger partial charge is 0.384 e. The molecular formula is C13H15F3O2. The summed E-state index contributed by atoms with van der Waals surface area (Å²) in [5, 5.41) is 0. The molecule has 0 aliphatic rings. The van der Waals surface area contributed by atoms with Crippen molar-refractivity contribution in [3.05, 3.63) is 35.4 Å². The summed E-state index contributed by atoms with van der Waals surface area (Å²) in [6.07, 6.45) is -4.11. The van der Waals surface area contributed by atoms with Gasteiger partial charge in [-0.25, -0.2) is 0 Å². The zero-order valence-corrected chi connectivity index (χ0v) is 10.3. The highest BCUT2D eigenvalue weighted by Gasteiger charge is 2.30. The van der Waals surface area contributed by atoms with Crippen LogP contribution >= 0.6 is 0 Å². The first kappa shape index (κ1) is 14.7. The van der Waals surface area contributed by atoms with E-state index in [4.69, 9.17) is 4.74 Å². The first-order chi connectivity index (χ1) is 8.34. The van der Waals surface area contributed by atoms with E-state index in [0.717, 1.165) is 12.1 Å². The molecule has 0 radical (unpaired) electrons. The van der Waals surface area contributed by atoms with Gasteiger partial charge in [0.1, 0.15) is 0 Å². The molecule has 0 N–H and O–H groups in total. The Labute approximate surface area is 104 Å².